The molecule has 3 N–H and O–H groups in total. The van der Waals surface area contributed by atoms with E-state index in [-0.39, 0.29) is 11.8 Å². The first kappa shape index (κ1) is 10.3. The number of aromatic hydroxyl groups is 1. The van der Waals surface area contributed by atoms with Crippen molar-refractivity contribution in [2.24, 2.45) is 5.73 Å². The zero-order valence-corrected chi connectivity index (χ0v) is 9.43. The molecule has 0 saturated heterocycles. The lowest BCUT2D eigenvalue weighted by Crippen LogP contribution is -2.19. The minimum atomic E-state index is 0.215. The Labute approximate surface area is 99.9 Å². The maximum Gasteiger partial charge on any atom is 0.115 e. The van der Waals surface area contributed by atoms with Crippen molar-refractivity contribution in [2.45, 2.75) is 18.9 Å². The minimum Gasteiger partial charge on any atom is -0.508 e. The SMILES string of the molecule is NC1Cc2cc(-c3ccc(O)cc3)cnc2C1. The quantitative estimate of drug-likeness (QED) is 0.780. The van der Waals surface area contributed by atoms with Gasteiger partial charge in [0.2, 0.25) is 0 Å². The number of phenolic OH excluding ortho intramolecular Hbond substituents is 1. The topological polar surface area (TPSA) is 59.1 Å². The third-order valence-corrected chi connectivity index (χ3v) is 3.20. The van der Waals surface area contributed by atoms with Crippen LogP contribution in [0.1, 0.15) is 11.3 Å². The van der Waals surface area contributed by atoms with Crippen molar-refractivity contribution in [1.29, 1.82) is 0 Å². The Morgan fingerprint density at radius 1 is 1.12 bits per heavy atom. The van der Waals surface area contributed by atoms with E-state index in [1.165, 1.54) is 5.56 Å². The molecule has 1 aromatic heterocycles. The lowest BCUT2D eigenvalue weighted by molar-refractivity contribution is 0.475. The molecule has 0 bridgehead atoms. The zero-order valence-electron chi connectivity index (χ0n) is 9.43. The van der Waals surface area contributed by atoms with Crippen LogP contribution in [0.25, 0.3) is 11.1 Å². The van der Waals surface area contributed by atoms with Gasteiger partial charge in [0.15, 0.2) is 0 Å². The molecular weight excluding hydrogens is 212 g/mol. The van der Waals surface area contributed by atoms with Crippen LogP contribution in [0.5, 0.6) is 5.75 Å². The van der Waals surface area contributed by atoms with Crippen LogP contribution in [-0.4, -0.2) is 16.1 Å². The lowest BCUT2D eigenvalue weighted by Gasteiger charge is -2.04. The summed E-state index contributed by atoms with van der Waals surface area (Å²) in [5.41, 5.74) is 10.4. The molecule has 0 fully saturated rings. The van der Waals surface area contributed by atoms with E-state index >= 15 is 0 Å². The average Bonchev–Trinajstić information content (AvgIpc) is 2.69. The molecular formula is C14H14N2O. The van der Waals surface area contributed by atoms with Crippen molar-refractivity contribution in [3.8, 4) is 16.9 Å². The first-order valence-corrected chi connectivity index (χ1v) is 5.75. The highest BCUT2D eigenvalue weighted by atomic mass is 16.3. The molecule has 1 atom stereocenters. The second-order valence-corrected chi connectivity index (χ2v) is 4.55. The maximum atomic E-state index is 9.26. The smallest absolute Gasteiger partial charge is 0.115 e. The molecule has 3 heteroatoms. The molecule has 2 aromatic rings. The molecule has 0 aliphatic heterocycles. The van der Waals surface area contributed by atoms with Crippen molar-refractivity contribution in [3.63, 3.8) is 0 Å². The van der Waals surface area contributed by atoms with Crippen LogP contribution >= 0.6 is 0 Å². The summed E-state index contributed by atoms with van der Waals surface area (Å²) in [5.74, 6) is 0.282. The Balaban J connectivity index is 2.00. The second kappa shape index (κ2) is 3.86. The van der Waals surface area contributed by atoms with Gasteiger partial charge in [-0.05, 0) is 35.7 Å². The van der Waals surface area contributed by atoms with Crippen molar-refractivity contribution < 1.29 is 5.11 Å². The maximum absolute atomic E-state index is 9.26. The van der Waals surface area contributed by atoms with E-state index in [0.717, 1.165) is 29.7 Å². The van der Waals surface area contributed by atoms with Crippen LogP contribution < -0.4 is 5.73 Å². The fraction of sp³-hybridized carbons (Fsp3) is 0.214. The van der Waals surface area contributed by atoms with Gasteiger partial charge in [0.1, 0.15) is 5.75 Å². The molecule has 1 aliphatic carbocycles. The van der Waals surface area contributed by atoms with Gasteiger partial charge in [0.25, 0.3) is 0 Å². The first-order chi connectivity index (χ1) is 8.22. The molecule has 86 valence electrons. The van der Waals surface area contributed by atoms with Gasteiger partial charge in [-0.15, -0.1) is 0 Å². The van der Waals surface area contributed by atoms with Crippen LogP contribution in [0.15, 0.2) is 36.5 Å². The summed E-state index contributed by atoms with van der Waals surface area (Å²) in [5, 5.41) is 9.26. The summed E-state index contributed by atoms with van der Waals surface area (Å²) < 4.78 is 0. The Morgan fingerprint density at radius 3 is 2.65 bits per heavy atom. The van der Waals surface area contributed by atoms with Gasteiger partial charge in [-0.3, -0.25) is 4.98 Å². The summed E-state index contributed by atoms with van der Waals surface area (Å²) in [6, 6.07) is 9.54. The van der Waals surface area contributed by atoms with E-state index in [1.807, 2.05) is 18.3 Å². The number of nitrogens with two attached hydrogens (primary N) is 1. The number of pyridine rings is 1. The number of hydrogen-bond acceptors (Lipinski definition) is 3. The number of phenols is 1. The molecule has 1 aliphatic rings. The fourth-order valence-corrected chi connectivity index (χ4v) is 2.31. The molecule has 0 spiro atoms. The number of benzene rings is 1. The molecule has 3 nitrogen and oxygen atoms in total. The largest absolute Gasteiger partial charge is 0.508 e. The fourth-order valence-electron chi connectivity index (χ4n) is 2.31. The molecule has 0 amide bonds. The van der Waals surface area contributed by atoms with Crippen molar-refractivity contribution in [2.75, 3.05) is 0 Å². The standard InChI is InChI=1S/C14H14N2O/c15-12-6-10-5-11(8-16-14(10)7-12)9-1-3-13(17)4-2-9/h1-5,8,12,17H,6-7,15H2. The molecule has 1 heterocycles. The van der Waals surface area contributed by atoms with Crippen molar-refractivity contribution in [1.82, 2.24) is 4.98 Å². The van der Waals surface area contributed by atoms with Gasteiger partial charge in [-0.1, -0.05) is 12.1 Å². The predicted molar refractivity (Wildman–Crippen MR) is 66.7 cm³/mol. The summed E-state index contributed by atoms with van der Waals surface area (Å²) in [7, 11) is 0. The predicted octanol–water partition coefficient (Wildman–Crippen LogP) is 1.88. The van der Waals surface area contributed by atoms with E-state index in [2.05, 4.69) is 11.1 Å². The number of rotatable bonds is 1. The normalized spacial score (nSPS) is 18.1. The Hall–Kier alpha value is -1.87. The second-order valence-electron chi connectivity index (χ2n) is 4.55. The number of nitrogens with zero attached hydrogens (tertiary/aromatic N) is 1. The van der Waals surface area contributed by atoms with Gasteiger partial charge in [0.05, 0.1) is 0 Å². The molecule has 1 unspecified atom stereocenters. The van der Waals surface area contributed by atoms with Crippen LogP contribution in [0.3, 0.4) is 0 Å². The van der Waals surface area contributed by atoms with Crippen molar-refractivity contribution >= 4 is 0 Å². The van der Waals surface area contributed by atoms with Gasteiger partial charge in [0, 0.05) is 29.9 Å². The highest BCUT2D eigenvalue weighted by molar-refractivity contribution is 5.64. The summed E-state index contributed by atoms with van der Waals surface area (Å²) in [6.07, 6.45) is 3.67. The van der Waals surface area contributed by atoms with Crippen LogP contribution in [0, 0.1) is 0 Å². The van der Waals surface area contributed by atoms with Gasteiger partial charge >= 0.3 is 0 Å². The molecule has 0 saturated carbocycles. The third kappa shape index (κ3) is 1.89. The Morgan fingerprint density at radius 2 is 1.88 bits per heavy atom. The highest BCUT2D eigenvalue weighted by Crippen LogP contribution is 2.26. The summed E-state index contributed by atoms with van der Waals surface area (Å²) in [4.78, 5) is 4.47. The van der Waals surface area contributed by atoms with Crippen LogP contribution in [-0.2, 0) is 12.8 Å². The highest BCUT2D eigenvalue weighted by Gasteiger charge is 2.19. The van der Waals surface area contributed by atoms with Gasteiger partial charge < -0.3 is 10.8 Å². The molecule has 17 heavy (non-hydrogen) atoms. The van der Waals surface area contributed by atoms with E-state index in [1.54, 1.807) is 12.1 Å². The number of hydrogen-bond donors (Lipinski definition) is 2. The average molecular weight is 226 g/mol. The third-order valence-electron chi connectivity index (χ3n) is 3.20. The molecule has 0 radical (unpaired) electrons. The Kier molecular flexibility index (Phi) is 2.34. The van der Waals surface area contributed by atoms with Gasteiger partial charge in [-0.2, -0.15) is 0 Å². The van der Waals surface area contributed by atoms with Crippen molar-refractivity contribution in [3.05, 3.63) is 47.8 Å². The number of fused-ring (bicyclic) bond motifs is 1. The molecule has 3 rings (SSSR count). The van der Waals surface area contributed by atoms with E-state index < -0.39 is 0 Å². The van der Waals surface area contributed by atoms with E-state index in [4.69, 9.17) is 5.73 Å². The summed E-state index contributed by atoms with van der Waals surface area (Å²) in [6.45, 7) is 0. The monoisotopic (exact) mass is 226 g/mol. The number of aromatic nitrogens is 1. The van der Waals surface area contributed by atoms with E-state index in [9.17, 15) is 5.11 Å². The van der Waals surface area contributed by atoms with Gasteiger partial charge in [-0.25, -0.2) is 0 Å². The van der Waals surface area contributed by atoms with Crippen LogP contribution in [0.4, 0.5) is 0 Å². The molecule has 1 aromatic carbocycles. The minimum absolute atomic E-state index is 0.215. The first-order valence-electron chi connectivity index (χ1n) is 5.75. The zero-order chi connectivity index (χ0) is 11.8. The lowest BCUT2D eigenvalue weighted by atomic mass is 10.0. The van der Waals surface area contributed by atoms with E-state index in [0.29, 0.717) is 0 Å². The van der Waals surface area contributed by atoms with Crippen LogP contribution in [0.2, 0.25) is 0 Å². The summed E-state index contributed by atoms with van der Waals surface area (Å²) >= 11 is 0. The Bertz CT molecular complexity index is 549.